The number of carboxylic acids is 1. The number of carboxylic acid groups (broad SMARTS) is 1. The molecule has 1 N–H and O–H groups in total. The molecule has 0 unspecified atom stereocenters. The number of nitro groups is 1. The fraction of sp³-hybridized carbons (Fsp3) is 0.429. The summed E-state index contributed by atoms with van der Waals surface area (Å²) >= 11 is 0. The van der Waals surface area contributed by atoms with Crippen molar-refractivity contribution in [1.82, 2.24) is 4.90 Å². The van der Waals surface area contributed by atoms with Crippen LogP contribution < -0.4 is 0 Å². The molecule has 0 saturated carbocycles. The van der Waals surface area contributed by atoms with Gasteiger partial charge in [0.15, 0.2) is 0 Å². The van der Waals surface area contributed by atoms with E-state index in [9.17, 15) is 19.7 Å². The van der Waals surface area contributed by atoms with Gasteiger partial charge in [-0.2, -0.15) is 0 Å². The van der Waals surface area contributed by atoms with Crippen molar-refractivity contribution in [2.75, 3.05) is 6.54 Å². The van der Waals surface area contributed by atoms with Crippen molar-refractivity contribution in [1.29, 1.82) is 0 Å². The van der Waals surface area contributed by atoms with Gasteiger partial charge in [-0.3, -0.25) is 19.7 Å². The first-order chi connectivity index (χ1) is 9.81. The molecule has 1 aromatic carbocycles. The molecule has 0 aliphatic heterocycles. The number of amides is 1. The van der Waals surface area contributed by atoms with Gasteiger partial charge in [0.05, 0.1) is 17.8 Å². The number of non-ortho nitro benzene ring substituents is 1. The fourth-order valence-electron chi connectivity index (χ4n) is 1.94. The Hall–Kier alpha value is -2.44. The smallest absolute Gasteiger partial charge is 0.305 e. The zero-order valence-corrected chi connectivity index (χ0v) is 12.0. The van der Waals surface area contributed by atoms with Crippen LogP contribution in [-0.2, 0) is 16.0 Å². The first-order valence-corrected chi connectivity index (χ1v) is 6.56. The highest BCUT2D eigenvalue weighted by Gasteiger charge is 2.19. The van der Waals surface area contributed by atoms with Crippen LogP contribution in [0.15, 0.2) is 24.3 Å². The number of rotatable bonds is 7. The summed E-state index contributed by atoms with van der Waals surface area (Å²) in [5, 5.41) is 19.4. The van der Waals surface area contributed by atoms with E-state index in [1.165, 1.54) is 23.1 Å². The number of carbonyl (C=O) groups is 2. The molecule has 0 saturated heterocycles. The van der Waals surface area contributed by atoms with Gasteiger partial charge in [-0.1, -0.05) is 12.1 Å². The highest BCUT2D eigenvalue weighted by atomic mass is 16.6. The van der Waals surface area contributed by atoms with Gasteiger partial charge in [0.2, 0.25) is 5.91 Å². The highest BCUT2D eigenvalue weighted by molar-refractivity contribution is 5.79. The largest absolute Gasteiger partial charge is 0.481 e. The first kappa shape index (κ1) is 16.6. The summed E-state index contributed by atoms with van der Waals surface area (Å²) in [7, 11) is 0. The van der Waals surface area contributed by atoms with Gasteiger partial charge < -0.3 is 10.0 Å². The van der Waals surface area contributed by atoms with E-state index in [4.69, 9.17) is 5.11 Å². The maximum absolute atomic E-state index is 12.2. The van der Waals surface area contributed by atoms with Crippen LogP contribution in [0.4, 0.5) is 5.69 Å². The second-order valence-electron chi connectivity index (χ2n) is 4.93. The van der Waals surface area contributed by atoms with Gasteiger partial charge in [0.1, 0.15) is 0 Å². The topological polar surface area (TPSA) is 101 Å². The van der Waals surface area contributed by atoms with Crippen molar-refractivity contribution >= 4 is 17.6 Å². The van der Waals surface area contributed by atoms with E-state index >= 15 is 0 Å². The third kappa shape index (κ3) is 5.21. The van der Waals surface area contributed by atoms with Crippen LogP contribution in [0, 0.1) is 10.1 Å². The minimum absolute atomic E-state index is 0.0134. The third-order valence-corrected chi connectivity index (χ3v) is 2.99. The van der Waals surface area contributed by atoms with E-state index in [2.05, 4.69) is 0 Å². The summed E-state index contributed by atoms with van der Waals surface area (Å²) in [6, 6.07) is 5.75. The van der Waals surface area contributed by atoms with Crippen molar-refractivity contribution in [2.45, 2.75) is 32.7 Å². The van der Waals surface area contributed by atoms with E-state index < -0.39 is 10.9 Å². The van der Waals surface area contributed by atoms with Gasteiger partial charge in [-0.05, 0) is 19.4 Å². The lowest BCUT2D eigenvalue weighted by atomic mass is 10.1. The molecule has 0 atom stereocenters. The van der Waals surface area contributed by atoms with Gasteiger partial charge in [0.25, 0.3) is 5.69 Å². The molecule has 0 spiro atoms. The predicted octanol–water partition coefficient (Wildman–Crippen LogP) is 1.85. The molecule has 0 heterocycles. The maximum Gasteiger partial charge on any atom is 0.305 e. The average molecular weight is 294 g/mol. The molecule has 0 aliphatic rings. The lowest BCUT2D eigenvalue weighted by molar-refractivity contribution is -0.384. The van der Waals surface area contributed by atoms with Crippen LogP contribution in [0.1, 0.15) is 25.8 Å². The van der Waals surface area contributed by atoms with Crippen LogP contribution in [0.5, 0.6) is 0 Å². The number of aliphatic carboxylic acids is 1. The number of carbonyl (C=O) groups excluding carboxylic acids is 1. The summed E-state index contributed by atoms with van der Waals surface area (Å²) in [5.74, 6) is -1.21. The van der Waals surface area contributed by atoms with Crippen molar-refractivity contribution in [3.63, 3.8) is 0 Å². The van der Waals surface area contributed by atoms with Gasteiger partial charge in [0, 0.05) is 24.7 Å². The zero-order chi connectivity index (χ0) is 16.0. The second kappa shape index (κ2) is 7.37. The molecule has 114 valence electrons. The third-order valence-electron chi connectivity index (χ3n) is 2.99. The van der Waals surface area contributed by atoms with Crippen LogP contribution in [0.25, 0.3) is 0 Å². The van der Waals surface area contributed by atoms with Gasteiger partial charge >= 0.3 is 5.97 Å². The Morgan fingerprint density at radius 3 is 2.57 bits per heavy atom. The molecule has 0 aromatic heterocycles. The van der Waals surface area contributed by atoms with Gasteiger partial charge in [-0.15, -0.1) is 0 Å². The zero-order valence-electron chi connectivity index (χ0n) is 12.0. The Balaban J connectivity index is 2.79. The number of hydrogen-bond donors (Lipinski definition) is 1. The maximum atomic E-state index is 12.2. The molecular formula is C14H18N2O5. The van der Waals surface area contributed by atoms with Gasteiger partial charge in [-0.25, -0.2) is 0 Å². The molecule has 0 fully saturated rings. The Morgan fingerprint density at radius 2 is 2.05 bits per heavy atom. The Morgan fingerprint density at radius 1 is 1.38 bits per heavy atom. The van der Waals surface area contributed by atoms with Crippen molar-refractivity contribution < 1.29 is 19.6 Å². The van der Waals surface area contributed by atoms with Crippen LogP contribution in [0.2, 0.25) is 0 Å². The molecule has 0 bridgehead atoms. The number of hydrogen-bond acceptors (Lipinski definition) is 4. The predicted molar refractivity (Wildman–Crippen MR) is 75.9 cm³/mol. The van der Waals surface area contributed by atoms with E-state index in [-0.39, 0.29) is 37.0 Å². The van der Waals surface area contributed by atoms with E-state index in [0.717, 1.165) is 0 Å². The SMILES string of the molecule is CC(C)N(CCC(=O)O)C(=O)Cc1cccc([N+](=O)[O-])c1. The molecule has 0 radical (unpaired) electrons. The molecule has 1 amide bonds. The molecule has 0 aliphatic carbocycles. The Bertz CT molecular complexity index is 542. The highest BCUT2D eigenvalue weighted by Crippen LogP contribution is 2.15. The number of nitro benzene ring substituents is 1. The molecule has 1 rings (SSSR count). The van der Waals surface area contributed by atoms with Crippen LogP contribution >= 0.6 is 0 Å². The summed E-state index contributed by atoms with van der Waals surface area (Å²) in [6.07, 6.45) is -0.113. The number of nitrogens with zero attached hydrogens (tertiary/aromatic N) is 2. The average Bonchev–Trinajstić information content (AvgIpc) is 2.38. The summed E-state index contributed by atoms with van der Waals surface area (Å²) < 4.78 is 0. The molecule has 7 nitrogen and oxygen atoms in total. The lowest BCUT2D eigenvalue weighted by Crippen LogP contribution is -2.39. The Labute approximate surface area is 122 Å². The number of benzene rings is 1. The fourth-order valence-corrected chi connectivity index (χ4v) is 1.94. The summed E-state index contributed by atoms with van der Waals surface area (Å²) in [6.45, 7) is 3.72. The molecular weight excluding hydrogens is 276 g/mol. The van der Waals surface area contributed by atoms with Crippen molar-refractivity contribution in [2.24, 2.45) is 0 Å². The standard InChI is InChI=1S/C14H18N2O5/c1-10(2)15(7-6-14(18)19)13(17)9-11-4-3-5-12(8-11)16(20)21/h3-5,8,10H,6-7,9H2,1-2H3,(H,18,19). The normalized spacial score (nSPS) is 10.4. The monoisotopic (exact) mass is 294 g/mol. The summed E-state index contributed by atoms with van der Waals surface area (Å²) in [4.78, 5) is 34.5. The Kier molecular flexibility index (Phi) is 5.83. The minimum Gasteiger partial charge on any atom is -0.481 e. The molecule has 21 heavy (non-hydrogen) atoms. The summed E-state index contributed by atoms with van der Waals surface area (Å²) in [5.41, 5.74) is 0.470. The second-order valence-corrected chi connectivity index (χ2v) is 4.93. The molecule has 7 heteroatoms. The lowest BCUT2D eigenvalue weighted by Gasteiger charge is -2.26. The van der Waals surface area contributed by atoms with Crippen LogP contribution in [0.3, 0.4) is 0 Å². The first-order valence-electron chi connectivity index (χ1n) is 6.56. The van der Waals surface area contributed by atoms with E-state index in [1.807, 2.05) is 0 Å². The van der Waals surface area contributed by atoms with Crippen LogP contribution in [-0.4, -0.2) is 39.4 Å². The van der Waals surface area contributed by atoms with E-state index in [0.29, 0.717) is 5.56 Å². The van der Waals surface area contributed by atoms with Crippen molar-refractivity contribution in [3.8, 4) is 0 Å². The minimum atomic E-state index is -0.969. The quantitative estimate of drug-likeness (QED) is 0.611. The van der Waals surface area contributed by atoms with E-state index in [1.54, 1.807) is 19.9 Å². The molecule has 1 aromatic rings. The van der Waals surface area contributed by atoms with Crippen molar-refractivity contribution in [3.05, 3.63) is 39.9 Å².